The van der Waals surface area contributed by atoms with Gasteiger partial charge in [0.1, 0.15) is 18.6 Å². The Morgan fingerprint density at radius 2 is 1.85 bits per heavy atom. The van der Waals surface area contributed by atoms with Gasteiger partial charge in [0.2, 0.25) is 5.91 Å². The SMILES string of the molecule is CCOC(=O)CN(CCOC)C(=O)CN1C(=O)N(C)C2(CCCCC2)C1=O. The summed E-state index contributed by atoms with van der Waals surface area (Å²) in [7, 11) is 3.11. The maximum absolute atomic E-state index is 13.0. The lowest BCUT2D eigenvalue weighted by molar-refractivity contribution is -0.150. The predicted molar refractivity (Wildman–Crippen MR) is 95.8 cm³/mol. The van der Waals surface area contributed by atoms with Crippen LogP contribution in [0.15, 0.2) is 0 Å². The van der Waals surface area contributed by atoms with Crippen molar-refractivity contribution in [2.45, 2.75) is 44.6 Å². The second kappa shape index (κ2) is 9.16. The van der Waals surface area contributed by atoms with Gasteiger partial charge in [-0.2, -0.15) is 0 Å². The Labute approximate surface area is 159 Å². The van der Waals surface area contributed by atoms with Crippen molar-refractivity contribution in [1.82, 2.24) is 14.7 Å². The third-order valence-electron chi connectivity index (χ3n) is 5.32. The minimum Gasteiger partial charge on any atom is -0.465 e. The van der Waals surface area contributed by atoms with Crippen LogP contribution in [0.5, 0.6) is 0 Å². The van der Waals surface area contributed by atoms with Gasteiger partial charge in [0, 0.05) is 20.7 Å². The Bertz CT molecular complexity index is 588. The first-order valence-electron chi connectivity index (χ1n) is 9.39. The molecule has 0 bridgehead atoms. The molecular formula is C18H29N3O6. The van der Waals surface area contributed by atoms with Crippen molar-refractivity contribution in [2.75, 3.05) is 47.0 Å². The standard InChI is InChI=1S/C18H29N3O6/c1-4-27-15(23)13-20(10-11-26-3)14(22)12-21-16(24)18(19(2)17(21)25)8-6-5-7-9-18/h4-13H2,1-3H3. The molecule has 0 radical (unpaired) electrons. The van der Waals surface area contributed by atoms with Crippen LogP contribution in [0.2, 0.25) is 0 Å². The van der Waals surface area contributed by atoms with Crippen LogP contribution in [0.25, 0.3) is 0 Å². The van der Waals surface area contributed by atoms with Crippen LogP contribution in [-0.2, 0) is 23.9 Å². The lowest BCUT2D eigenvalue weighted by atomic mass is 9.81. The van der Waals surface area contributed by atoms with E-state index in [4.69, 9.17) is 9.47 Å². The van der Waals surface area contributed by atoms with E-state index in [1.54, 1.807) is 14.0 Å². The monoisotopic (exact) mass is 383 g/mol. The highest BCUT2D eigenvalue weighted by Crippen LogP contribution is 2.39. The number of esters is 1. The van der Waals surface area contributed by atoms with Gasteiger partial charge >= 0.3 is 12.0 Å². The van der Waals surface area contributed by atoms with Crippen LogP contribution in [0.4, 0.5) is 4.79 Å². The summed E-state index contributed by atoms with van der Waals surface area (Å²) >= 11 is 0. The molecule has 27 heavy (non-hydrogen) atoms. The van der Waals surface area contributed by atoms with Gasteiger partial charge < -0.3 is 19.3 Å². The van der Waals surface area contributed by atoms with E-state index < -0.39 is 23.4 Å². The van der Waals surface area contributed by atoms with E-state index in [0.29, 0.717) is 12.8 Å². The van der Waals surface area contributed by atoms with Gasteiger partial charge in [-0.3, -0.25) is 19.3 Å². The average Bonchev–Trinajstić information content (AvgIpc) is 2.82. The Morgan fingerprint density at radius 3 is 2.44 bits per heavy atom. The second-order valence-corrected chi connectivity index (χ2v) is 6.94. The number of hydrogen-bond donors (Lipinski definition) is 0. The molecule has 1 saturated heterocycles. The molecule has 2 aliphatic rings. The molecule has 9 heteroatoms. The van der Waals surface area contributed by atoms with Crippen molar-refractivity contribution in [1.29, 1.82) is 0 Å². The van der Waals surface area contributed by atoms with E-state index in [2.05, 4.69) is 0 Å². The zero-order valence-electron chi connectivity index (χ0n) is 16.4. The van der Waals surface area contributed by atoms with Gasteiger partial charge in [0.15, 0.2) is 0 Å². The molecule has 1 spiro atoms. The van der Waals surface area contributed by atoms with Gasteiger partial charge in [-0.1, -0.05) is 19.3 Å². The number of methoxy groups -OCH3 is 1. The smallest absolute Gasteiger partial charge is 0.327 e. The lowest BCUT2D eigenvalue weighted by Gasteiger charge is -2.35. The summed E-state index contributed by atoms with van der Waals surface area (Å²) in [6.45, 7) is 1.67. The lowest BCUT2D eigenvalue weighted by Crippen LogP contribution is -2.50. The van der Waals surface area contributed by atoms with Crippen molar-refractivity contribution >= 4 is 23.8 Å². The van der Waals surface area contributed by atoms with Crippen LogP contribution >= 0.6 is 0 Å². The molecule has 9 nitrogen and oxygen atoms in total. The Morgan fingerprint density at radius 1 is 1.19 bits per heavy atom. The van der Waals surface area contributed by atoms with Crippen molar-refractivity contribution in [3.63, 3.8) is 0 Å². The molecule has 1 saturated carbocycles. The van der Waals surface area contributed by atoms with E-state index in [9.17, 15) is 19.2 Å². The van der Waals surface area contributed by atoms with Crippen LogP contribution in [-0.4, -0.2) is 91.1 Å². The molecule has 2 fully saturated rings. The molecule has 0 aromatic heterocycles. The summed E-state index contributed by atoms with van der Waals surface area (Å²) in [5.41, 5.74) is -0.825. The van der Waals surface area contributed by atoms with Crippen LogP contribution in [0.3, 0.4) is 0 Å². The van der Waals surface area contributed by atoms with Crippen LogP contribution in [0.1, 0.15) is 39.0 Å². The predicted octanol–water partition coefficient (Wildman–Crippen LogP) is 0.621. The molecule has 4 amide bonds. The van der Waals surface area contributed by atoms with Gasteiger partial charge in [-0.05, 0) is 19.8 Å². The molecule has 0 N–H and O–H groups in total. The summed E-state index contributed by atoms with van der Waals surface area (Å²) in [6.07, 6.45) is 4.05. The Kier molecular flexibility index (Phi) is 7.18. The molecule has 1 aliphatic heterocycles. The molecular weight excluding hydrogens is 354 g/mol. The Hall–Kier alpha value is -2.16. The number of likely N-dealkylation sites (N-methyl/N-ethyl adjacent to an activating group) is 1. The van der Waals surface area contributed by atoms with E-state index in [-0.39, 0.29) is 38.8 Å². The minimum absolute atomic E-state index is 0.172. The maximum Gasteiger partial charge on any atom is 0.327 e. The van der Waals surface area contributed by atoms with Crippen molar-refractivity contribution in [3.8, 4) is 0 Å². The van der Waals surface area contributed by atoms with Crippen molar-refractivity contribution < 1.29 is 28.7 Å². The number of urea groups is 1. The normalized spacial score (nSPS) is 18.9. The maximum atomic E-state index is 13.0. The molecule has 2 rings (SSSR count). The van der Waals surface area contributed by atoms with Gasteiger partial charge in [-0.25, -0.2) is 4.79 Å². The molecule has 0 aromatic rings. The summed E-state index contributed by atoms with van der Waals surface area (Å²) in [6, 6.07) is -0.460. The highest BCUT2D eigenvalue weighted by molar-refractivity contribution is 6.09. The van der Waals surface area contributed by atoms with Crippen LogP contribution in [0, 0.1) is 0 Å². The zero-order chi connectivity index (χ0) is 20.0. The van der Waals surface area contributed by atoms with Crippen molar-refractivity contribution in [3.05, 3.63) is 0 Å². The molecule has 1 aliphatic carbocycles. The quantitative estimate of drug-likeness (QED) is 0.450. The number of nitrogens with zero attached hydrogens (tertiary/aromatic N) is 3. The molecule has 1 heterocycles. The second-order valence-electron chi connectivity index (χ2n) is 6.94. The molecule has 0 unspecified atom stereocenters. The number of amides is 4. The van der Waals surface area contributed by atoms with Crippen molar-refractivity contribution in [2.24, 2.45) is 0 Å². The van der Waals surface area contributed by atoms with Crippen LogP contribution < -0.4 is 0 Å². The van der Waals surface area contributed by atoms with Gasteiger partial charge in [0.25, 0.3) is 5.91 Å². The number of carbonyl (C=O) groups excluding carboxylic acids is 4. The third-order valence-corrected chi connectivity index (χ3v) is 5.32. The third kappa shape index (κ3) is 4.40. The van der Waals surface area contributed by atoms with E-state index in [1.165, 1.54) is 16.9 Å². The first kappa shape index (κ1) is 21.1. The number of ether oxygens (including phenoxy) is 2. The summed E-state index contributed by atoms with van der Waals surface area (Å²) in [5.74, 6) is -1.34. The first-order valence-corrected chi connectivity index (χ1v) is 9.39. The highest BCUT2D eigenvalue weighted by atomic mass is 16.5. The number of imide groups is 1. The fraction of sp³-hybridized carbons (Fsp3) is 0.778. The number of hydrogen-bond acceptors (Lipinski definition) is 6. The number of carbonyl (C=O) groups is 4. The number of rotatable bonds is 8. The zero-order valence-corrected chi connectivity index (χ0v) is 16.4. The van der Waals surface area contributed by atoms with E-state index in [0.717, 1.165) is 24.2 Å². The first-order chi connectivity index (χ1) is 12.9. The van der Waals surface area contributed by atoms with Gasteiger partial charge in [0.05, 0.1) is 13.2 Å². The molecule has 152 valence electrons. The summed E-state index contributed by atoms with van der Waals surface area (Å²) in [5, 5.41) is 0. The van der Waals surface area contributed by atoms with E-state index >= 15 is 0 Å². The topological polar surface area (TPSA) is 96.5 Å². The highest BCUT2D eigenvalue weighted by Gasteiger charge is 2.56. The minimum atomic E-state index is -0.825. The Balaban J connectivity index is 2.10. The average molecular weight is 383 g/mol. The summed E-state index contributed by atoms with van der Waals surface area (Å²) < 4.78 is 9.87. The fourth-order valence-corrected chi connectivity index (χ4v) is 3.76. The molecule has 0 atom stereocenters. The molecule has 0 aromatic carbocycles. The van der Waals surface area contributed by atoms with E-state index in [1.807, 2.05) is 0 Å². The fourth-order valence-electron chi connectivity index (χ4n) is 3.76. The van der Waals surface area contributed by atoms with Gasteiger partial charge in [-0.15, -0.1) is 0 Å². The summed E-state index contributed by atoms with van der Waals surface area (Å²) in [4.78, 5) is 53.8. The largest absolute Gasteiger partial charge is 0.465 e.